The van der Waals surface area contributed by atoms with E-state index in [4.69, 9.17) is 0 Å². The van der Waals surface area contributed by atoms with Crippen LogP contribution in [0.4, 0.5) is 0 Å². The number of carbonyl (C=O) groups excluding carboxylic acids is 1. The van der Waals surface area contributed by atoms with Crippen LogP contribution in [0.2, 0.25) is 0 Å². The van der Waals surface area contributed by atoms with Crippen LogP contribution in [0, 0.1) is 18.8 Å². The molecule has 0 radical (unpaired) electrons. The van der Waals surface area contributed by atoms with Crippen LogP contribution in [-0.4, -0.2) is 19.5 Å². The molecule has 0 bridgehead atoms. The molecule has 1 amide bonds. The van der Waals surface area contributed by atoms with E-state index in [-0.39, 0.29) is 11.8 Å². The number of rotatable bonds is 6. The summed E-state index contributed by atoms with van der Waals surface area (Å²) in [6.07, 6.45) is 0. The number of carbonyl (C=O) groups is 1. The van der Waals surface area contributed by atoms with Crippen LogP contribution < -0.4 is 10.6 Å². The van der Waals surface area contributed by atoms with Gasteiger partial charge >= 0.3 is 0 Å². The van der Waals surface area contributed by atoms with E-state index in [9.17, 15) is 4.79 Å². The first-order valence-electron chi connectivity index (χ1n) is 6.53. The zero-order valence-corrected chi connectivity index (χ0v) is 11.8. The van der Waals surface area contributed by atoms with Gasteiger partial charge in [-0.1, -0.05) is 38.1 Å². The maximum atomic E-state index is 12.1. The molecule has 1 rings (SSSR count). The van der Waals surface area contributed by atoms with E-state index in [1.807, 2.05) is 19.2 Å². The molecule has 0 fully saturated rings. The van der Waals surface area contributed by atoms with Crippen LogP contribution in [0.5, 0.6) is 0 Å². The van der Waals surface area contributed by atoms with Crippen LogP contribution in [0.3, 0.4) is 0 Å². The molecule has 3 nitrogen and oxygen atoms in total. The van der Waals surface area contributed by atoms with E-state index in [2.05, 4.69) is 43.5 Å². The van der Waals surface area contributed by atoms with Gasteiger partial charge in [0, 0.05) is 13.1 Å². The third-order valence-electron chi connectivity index (χ3n) is 3.28. The highest BCUT2D eigenvalue weighted by molar-refractivity contribution is 5.79. The summed E-state index contributed by atoms with van der Waals surface area (Å²) in [6, 6.07) is 8.13. The van der Waals surface area contributed by atoms with Gasteiger partial charge in [-0.05, 0) is 31.0 Å². The lowest BCUT2D eigenvalue weighted by Gasteiger charge is -2.20. The minimum atomic E-state index is 0.0269. The van der Waals surface area contributed by atoms with Crippen molar-refractivity contribution in [2.24, 2.45) is 11.8 Å². The van der Waals surface area contributed by atoms with Crippen LogP contribution in [0.15, 0.2) is 24.3 Å². The highest BCUT2D eigenvalue weighted by atomic mass is 16.1. The summed E-state index contributed by atoms with van der Waals surface area (Å²) in [5.41, 5.74) is 2.39. The van der Waals surface area contributed by atoms with Gasteiger partial charge in [0.1, 0.15) is 0 Å². The third-order valence-corrected chi connectivity index (χ3v) is 3.28. The fourth-order valence-electron chi connectivity index (χ4n) is 1.97. The maximum absolute atomic E-state index is 12.1. The lowest BCUT2D eigenvalue weighted by Crippen LogP contribution is -2.38. The average molecular weight is 248 g/mol. The number of aryl methyl sites for hydroxylation is 1. The predicted octanol–water partition coefficient (Wildman–Crippen LogP) is 2.10. The Labute approximate surface area is 110 Å². The van der Waals surface area contributed by atoms with Crippen molar-refractivity contribution >= 4 is 5.91 Å². The van der Waals surface area contributed by atoms with E-state index >= 15 is 0 Å². The van der Waals surface area contributed by atoms with Crippen molar-refractivity contribution in [1.82, 2.24) is 10.6 Å². The first-order chi connectivity index (χ1) is 8.56. The Hall–Kier alpha value is -1.35. The molecule has 0 aromatic heterocycles. The Morgan fingerprint density at radius 2 is 1.94 bits per heavy atom. The quantitative estimate of drug-likeness (QED) is 0.809. The summed E-state index contributed by atoms with van der Waals surface area (Å²) in [5, 5.41) is 6.11. The molecule has 0 aliphatic heterocycles. The number of amides is 1. The molecule has 0 heterocycles. The highest BCUT2D eigenvalue weighted by Gasteiger charge is 2.20. The Morgan fingerprint density at radius 3 is 2.50 bits per heavy atom. The fourth-order valence-corrected chi connectivity index (χ4v) is 1.97. The number of benzene rings is 1. The van der Waals surface area contributed by atoms with Gasteiger partial charge in [-0.25, -0.2) is 0 Å². The molecule has 3 heteroatoms. The second-order valence-electron chi connectivity index (χ2n) is 5.05. The fraction of sp³-hybridized carbons (Fsp3) is 0.533. The highest BCUT2D eigenvalue weighted by Crippen LogP contribution is 2.11. The van der Waals surface area contributed by atoms with E-state index in [1.165, 1.54) is 11.1 Å². The van der Waals surface area contributed by atoms with E-state index in [0.717, 1.165) is 6.54 Å². The van der Waals surface area contributed by atoms with Crippen molar-refractivity contribution in [3.05, 3.63) is 35.4 Å². The molecule has 0 aliphatic carbocycles. The van der Waals surface area contributed by atoms with Crippen molar-refractivity contribution in [3.8, 4) is 0 Å². The minimum Gasteiger partial charge on any atom is -0.352 e. The summed E-state index contributed by atoms with van der Waals surface area (Å²) in [4.78, 5) is 12.1. The summed E-state index contributed by atoms with van der Waals surface area (Å²) in [7, 11) is 1.88. The second-order valence-corrected chi connectivity index (χ2v) is 5.05. The van der Waals surface area contributed by atoms with Crippen molar-refractivity contribution in [1.29, 1.82) is 0 Å². The van der Waals surface area contributed by atoms with Crippen LogP contribution in [0.25, 0.3) is 0 Å². The predicted molar refractivity (Wildman–Crippen MR) is 75.3 cm³/mol. The number of hydrogen-bond donors (Lipinski definition) is 2. The molecule has 1 atom stereocenters. The molecule has 1 aromatic carbocycles. The van der Waals surface area contributed by atoms with Gasteiger partial charge in [0.25, 0.3) is 0 Å². The zero-order chi connectivity index (χ0) is 13.5. The van der Waals surface area contributed by atoms with Crippen molar-refractivity contribution in [2.45, 2.75) is 27.3 Å². The molecule has 0 aliphatic rings. The Kier molecular flexibility index (Phi) is 5.86. The zero-order valence-electron chi connectivity index (χ0n) is 11.8. The Bertz CT molecular complexity index is 388. The van der Waals surface area contributed by atoms with Gasteiger partial charge in [-0.3, -0.25) is 4.79 Å². The standard InChI is InChI=1S/C15H24N2O/c1-11(2)14(10-16-4)15(18)17-9-13-8-6-5-7-12(13)3/h5-8,11,14,16H,9-10H2,1-4H3,(H,17,18). The Morgan fingerprint density at radius 1 is 1.28 bits per heavy atom. The summed E-state index contributed by atoms with van der Waals surface area (Å²) >= 11 is 0. The molecule has 0 saturated carbocycles. The van der Waals surface area contributed by atoms with Crippen LogP contribution >= 0.6 is 0 Å². The molecule has 0 saturated heterocycles. The first-order valence-corrected chi connectivity index (χ1v) is 6.53. The summed E-state index contributed by atoms with van der Waals surface area (Å²) < 4.78 is 0. The monoisotopic (exact) mass is 248 g/mol. The maximum Gasteiger partial charge on any atom is 0.224 e. The van der Waals surface area contributed by atoms with E-state index in [0.29, 0.717) is 12.5 Å². The Balaban J connectivity index is 2.57. The van der Waals surface area contributed by atoms with Crippen molar-refractivity contribution in [3.63, 3.8) is 0 Å². The SMILES string of the molecule is CNCC(C(=O)NCc1ccccc1C)C(C)C. The third kappa shape index (κ3) is 4.15. The van der Waals surface area contributed by atoms with Gasteiger partial charge in [-0.15, -0.1) is 0 Å². The van der Waals surface area contributed by atoms with E-state index in [1.54, 1.807) is 0 Å². The number of hydrogen-bond acceptors (Lipinski definition) is 2. The van der Waals surface area contributed by atoms with E-state index < -0.39 is 0 Å². The molecular formula is C15H24N2O. The van der Waals surface area contributed by atoms with Crippen molar-refractivity contribution in [2.75, 3.05) is 13.6 Å². The normalized spacial score (nSPS) is 12.5. The van der Waals surface area contributed by atoms with Gasteiger partial charge in [0.05, 0.1) is 5.92 Å². The average Bonchev–Trinajstić information content (AvgIpc) is 2.34. The molecule has 2 N–H and O–H groups in total. The van der Waals surface area contributed by atoms with Crippen LogP contribution in [-0.2, 0) is 11.3 Å². The van der Waals surface area contributed by atoms with Gasteiger partial charge in [0.2, 0.25) is 5.91 Å². The van der Waals surface area contributed by atoms with Gasteiger partial charge in [-0.2, -0.15) is 0 Å². The minimum absolute atomic E-state index is 0.0269. The molecule has 1 aromatic rings. The second kappa shape index (κ2) is 7.17. The lowest BCUT2D eigenvalue weighted by molar-refractivity contribution is -0.126. The summed E-state index contributed by atoms with van der Waals surface area (Å²) in [5.74, 6) is 0.496. The molecular weight excluding hydrogens is 224 g/mol. The number of nitrogens with one attached hydrogen (secondary N) is 2. The molecule has 18 heavy (non-hydrogen) atoms. The lowest BCUT2D eigenvalue weighted by atomic mass is 9.94. The van der Waals surface area contributed by atoms with Gasteiger partial charge in [0.15, 0.2) is 0 Å². The molecule has 1 unspecified atom stereocenters. The van der Waals surface area contributed by atoms with Gasteiger partial charge < -0.3 is 10.6 Å². The van der Waals surface area contributed by atoms with Crippen LogP contribution in [0.1, 0.15) is 25.0 Å². The topological polar surface area (TPSA) is 41.1 Å². The summed E-state index contributed by atoms with van der Waals surface area (Å²) in [6.45, 7) is 7.55. The largest absolute Gasteiger partial charge is 0.352 e. The molecule has 100 valence electrons. The smallest absolute Gasteiger partial charge is 0.224 e. The van der Waals surface area contributed by atoms with Crippen molar-refractivity contribution < 1.29 is 4.79 Å². The molecule has 0 spiro atoms. The first kappa shape index (κ1) is 14.7.